The van der Waals surface area contributed by atoms with Crippen molar-refractivity contribution in [3.8, 4) is 5.75 Å². The van der Waals surface area contributed by atoms with Gasteiger partial charge >= 0.3 is 5.97 Å². The number of benzene rings is 1. The number of aromatic hydroxyl groups is 1. The fraction of sp³-hybridized carbons (Fsp3) is 0.300. The quantitative estimate of drug-likeness (QED) is 0.587. The molecule has 0 fully saturated rings. The van der Waals surface area contributed by atoms with Gasteiger partial charge < -0.3 is 15.3 Å². The number of aromatic carboxylic acids is 1. The van der Waals surface area contributed by atoms with E-state index in [4.69, 9.17) is 10.2 Å². The SMILES string of the molecule is CC(O)CNS(=O)(=O)c1ccc(O)c(C(=O)O)c1. The molecule has 1 unspecified atom stereocenters. The number of rotatable bonds is 5. The Morgan fingerprint density at radius 2 is 2.06 bits per heavy atom. The third-order valence-electron chi connectivity index (χ3n) is 2.08. The Morgan fingerprint density at radius 3 is 2.56 bits per heavy atom. The molecule has 0 heterocycles. The summed E-state index contributed by atoms with van der Waals surface area (Å²) in [5.74, 6) is -1.95. The molecule has 0 radical (unpaired) electrons. The molecule has 1 aromatic rings. The molecule has 0 aromatic heterocycles. The van der Waals surface area contributed by atoms with Gasteiger partial charge in [-0.2, -0.15) is 0 Å². The Kier molecular flexibility index (Phi) is 4.28. The van der Waals surface area contributed by atoms with Crippen molar-refractivity contribution >= 4 is 16.0 Å². The first kappa shape index (κ1) is 14.4. The van der Waals surface area contributed by atoms with Gasteiger partial charge in [0.25, 0.3) is 0 Å². The van der Waals surface area contributed by atoms with Crippen molar-refractivity contribution in [3.05, 3.63) is 23.8 Å². The van der Waals surface area contributed by atoms with E-state index in [0.29, 0.717) is 0 Å². The maximum atomic E-state index is 11.7. The molecule has 0 aliphatic rings. The molecular formula is C10H13NO6S. The third kappa shape index (κ3) is 3.42. The van der Waals surface area contributed by atoms with Gasteiger partial charge in [-0.15, -0.1) is 0 Å². The van der Waals surface area contributed by atoms with E-state index in [1.165, 1.54) is 6.92 Å². The van der Waals surface area contributed by atoms with E-state index in [2.05, 4.69) is 4.72 Å². The molecule has 18 heavy (non-hydrogen) atoms. The number of aliphatic hydroxyl groups is 1. The third-order valence-corrected chi connectivity index (χ3v) is 3.50. The fourth-order valence-corrected chi connectivity index (χ4v) is 2.31. The lowest BCUT2D eigenvalue weighted by molar-refractivity contribution is 0.0693. The monoisotopic (exact) mass is 275 g/mol. The molecule has 0 bridgehead atoms. The largest absolute Gasteiger partial charge is 0.507 e. The number of nitrogens with one attached hydrogen (secondary N) is 1. The zero-order chi connectivity index (χ0) is 13.9. The number of carbonyl (C=O) groups is 1. The summed E-state index contributed by atoms with van der Waals surface area (Å²) in [5, 5.41) is 27.0. The number of phenols is 1. The second kappa shape index (κ2) is 5.34. The van der Waals surface area contributed by atoms with Crippen LogP contribution in [0, 0.1) is 0 Å². The van der Waals surface area contributed by atoms with Crippen molar-refractivity contribution in [1.29, 1.82) is 0 Å². The number of carboxylic acid groups (broad SMARTS) is 1. The summed E-state index contributed by atoms with van der Waals surface area (Å²) in [4.78, 5) is 10.5. The van der Waals surface area contributed by atoms with Crippen LogP contribution < -0.4 is 4.72 Å². The minimum atomic E-state index is -3.91. The average Bonchev–Trinajstić information content (AvgIpc) is 2.26. The van der Waals surface area contributed by atoms with Crippen LogP contribution in [0.3, 0.4) is 0 Å². The number of sulfonamides is 1. The van der Waals surface area contributed by atoms with Crippen molar-refractivity contribution in [3.63, 3.8) is 0 Å². The maximum absolute atomic E-state index is 11.7. The molecule has 0 amide bonds. The fourth-order valence-electron chi connectivity index (χ4n) is 1.17. The van der Waals surface area contributed by atoms with Crippen molar-refractivity contribution in [1.82, 2.24) is 4.72 Å². The van der Waals surface area contributed by atoms with Crippen LogP contribution in [0.5, 0.6) is 5.75 Å². The molecule has 4 N–H and O–H groups in total. The van der Waals surface area contributed by atoms with Gasteiger partial charge in [0.2, 0.25) is 10.0 Å². The standard InChI is InChI=1S/C10H13NO6S/c1-6(12)5-11-18(16,17)7-2-3-9(13)8(4-7)10(14)15/h2-4,6,11-13H,5H2,1H3,(H,14,15). The highest BCUT2D eigenvalue weighted by molar-refractivity contribution is 7.89. The molecule has 100 valence electrons. The van der Waals surface area contributed by atoms with E-state index in [9.17, 15) is 18.3 Å². The smallest absolute Gasteiger partial charge is 0.339 e. The number of hydrogen-bond acceptors (Lipinski definition) is 5. The number of carboxylic acids is 1. The highest BCUT2D eigenvalue weighted by atomic mass is 32.2. The molecule has 0 saturated heterocycles. The lowest BCUT2D eigenvalue weighted by Crippen LogP contribution is -2.30. The first-order valence-electron chi connectivity index (χ1n) is 4.98. The summed E-state index contributed by atoms with van der Waals surface area (Å²) in [6.07, 6.45) is -0.865. The summed E-state index contributed by atoms with van der Waals surface area (Å²) in [6.45, 7) is 1.22. The van der Waals surface area contributed by atoms with Crippen LogP contribution in [0.1, 0.15) is 17.3 Å². The molecule has 1 rings (SSSR count). The second-order valence-electron chi connectivity index (χ2n) is 3.69. The van der Waals surface area contributed by atoms with E-state index < -0.39 is 33.4 Å². The van der Waals surface area contributed by atoms with Gasteiger partial charge in [-0.25, -0.2) is 17.9 Å². The first-order valence-corrected chi connectivity index (χ1v) is 6.46. The van der Waals surface area contributed by atoms with Crippen LogP contribution in [0.2, 0.25) is 0 Å². The zero-order valence-corrected chi connectivity index (χ0v) is 10.3. The Morgan fingerprint density at radius 1 is 1.44 bits per heavy atom. The van der Waals surface area contributed by atoms with Crippen LogP contribution in [0.4, 0.5) is 0 Å². The Hall–Kier alpha value is -1.64. The van der Waals surface area contributed by atoms with Crippen LogP contribution >= 0.6 is 0 Å². The molecule has 7 nitrogen and oxygen atoms in total. The number of aliphatic hydroxyl groups excluding tert-OH is 1. The molecule has 0 aliphatic carbocycles. The van der Waals surface area contributed by atoms with Gasteiger partial charge in [-0.3, -0.25) is 0 Å². The Balaban J connectivity index is 3.10. The topological polar surface area (TPSA) is 124 Å². The lowest BCUT2D eigenvalue weighted by Gasteiger charge is -2.09. The van der Waals surface area contributed by atoms with E-state index in [1.54, 1.807) is 0 Å². The average molecular weight is 275 g/mol. The second-order valence-corrected chi connectivity index (χ2v) is 5.45. The minimum absolute atomic E-state index is 0.189. The Labute approximate surface area is 104 Å². The lowest BCUT2D eigenvalue weighted by atomic mass is 10.2. The predicted octanol–water partition coefficient (Wildman–Crippen LogP) is -0.251. The van der Waals surface area contributed by atoms with Gasteiger partial charge in [0.1, 0.15) is 11.3 Å². The highest BCUT2D eigenvalue weighted by Crippen LogP contribution is 2.21. The molecule has 0 spiro atoms. The summed E-state index contributed by atoms with van der Waals surface area (Å²) in [5.41, 5.74) is -0.505. The summed E-state index contributed by atoms with van der Waals surface area (Å²) < 4.78 is 25.6. The van der Waals surface area contributed by atoms with Gasteiger partial charge in [-0.05, 0) is 25.1 Å². The van der Waals surface area contributed by atoms with E-state index in [1.807, 2.05) is 0 Å². The van der Waals surface area contributed by atoms with E-state index >= 15 is 0 Å². The highest BCUT2D eigenvalue weighted by Gasteiger charge is 2.18. The van der Waals surface area contributed by atoms with Crippen molar-refractivity contribution in [2.24, 2.45) is 0 Å². The van der Waals surface area contributed by atoms with Gasteiger partial charge in [0.15, 0.2) is 0 Å². The maximum Gasteiger partial charge on any atom is 0.339 e. The van der Waals surface area contributed by atoms with Gasteiger partial charge in [-0.1, -0.05) is 0 Å². The van der Waals surface area contributed by atoms with E-state index in [-0.39, 0.29) is 11.4 Å². The van der Waals surface area contributed by atoms with Gasteiger partial charge in [0, 0.05) is 6.54 Å². The van der Waals surface area contributed by atoms with Gasteiger partial charge in [0.05, 0.1) is 11.0 Å². The first-order chi connectivity index (χ1) is 8.24. The number of hydrogen-bond donors (Lipinski definition) is 4. The minimum Gasteiger partial charge on any atom is -0.507 e. The Bertz CT molecular complexity index is 551. The van der Waals surface area contributed by atoms with E-state index in [0.717, 1.165) is 18.2 Å². The van der Waals surface area contributed by atoms with Crippen molar-refractivity contribution in [2.75, 3.05) is 6.54 Å². The van der Waals surface area contributed by atoms with Crippen LogP contribution in [0.15, 0.2) is 23.1 Å². The molecule has 0 aliphatic heterocycles. The van der Waals surface area contributed by atoms with Crippen LogP contribution in [0.25, 0.3) is 0 Å². The normalized spacial score (nSPS) is 13.2. The van der Waals surface area contributed by atoms with Crippen LogP contribution in [-0.2, 0) is 10.0 Å². The van der Waals surface area contributed by atoms with Crippen molar-refractivity contribution in [2.45, 2.75) is 17.9 Å². The van der Waals surface area contributed by atoms with Crippen LogP contribution in [-0.4, -0.2) is 42.4 Å². The molecule has 8 heteroatoms. The zero-order valence-electron chi connectivity index (χ0n) is 9.49. The summed E-state index contributed by atoms with van der Waals surface area (Å²) in [7, 11) is -3.91. The molecular weight excluding hydrogens is 262 g/mol. The molecule has 0 saturated carbocycles. The van der Waals surface area contributed by atoms with Crippen molar-refractivity contribution < 1.29 is 28.5 Å². The summed E-state index contributed by atoms with van der Waals surface area (Å²) in [6, 6.07) is 2.91. The summed E-state index contributed by atoms with van der Waals surface area (Å²) >= 11 is 0. The molecule has 1 atom stereocenters. The predicted molar refractivity (Wildman–Crippen MR) is 61.9 cm³/mol. The molecule has 1 aromatic carbocycles.